The molecule has 0 amide bonds. The minimum Gasteiger partial charge on any atom is -0.289 e. The Morgan fingerprint density at radius 3 is 2.24 bits per heavy atom. The molecule has 2 aromatic carbocycles. The number of nitro benzene ring substituents is 1. The van der Waals surface area contributed by atoms with Crippen molar-refractivity contribution in [2.45, 2.75) is 13.3 Å². The molecule has 0 aliphatic carbocycles. The highest BCUT2D eigenvalue weighted by molar-refractivity contribution is 6.06. The number of non-ortho nitro benzene ring substituents is 1. The summed E-state index contributed by atoms with van der Waals surface area (Å²) in [5.41, 5.74) is 2.60. The monoisotopic (exact) mass is 281 g/mol. The zero-order valence-corrected chi connectivity index (χ0v) is 11.7. The number of hydrogen-bond donors (Lipinski definition) is 0. The number of benzene rings is 2. The highest BCUT2D eigenvalue weighted by Crippen LogP contribution is 2.13. The zero-order chi connectivity index (χ0) is 15.2. The average Bonchev–Trinajstić information content (AvgIpc) is 2.53. The second kappa shape index (κ2) is 6.61. The lowest BCUT2D eigenvalue weighted by molar-refractivity contribution is -0.384. The van der Waals surface area contributed by atoms with Crippen LogP contribution in [-0.2, 0) is 6.42 Å². The summed E-state index contributed by atoms with van der Waals surface area (Å²) in [5.74, 6) is -0.176. The number of ketones is 1. The standard InChI is InChI=1S/C17H15NO3/c1-2-13-3-5-14(6-4-13)7-12-17(19)15-8-10-16(11-9-15)18(20)21/h3-12H,2H2,1H3/b12-7+. The first-order valence-corrected chi connectivity index (χ1v) is 6.66. The Hall–Kier alpha value is -2.75. The normalized spacial score (nSPS) is 10.7. The van der Waals surface area contributed by atoms with Crippen molar-refractivity contribution in [1.29, 1.82) is 0 Å². The van der Waals surface area contributed by atoms with Crippen LogP contribution < -0.4 is 0 Å². The predicted octanol–water partition coefficient (Wildman–Crippen LogP) is 4.05. The molecule has 0 unspecified atom stereocenters. The quantitative estimate of drug-likeness (QED) is 0.359. The molecular formula is C17H15NO3. The first-order valence-electron chi connectivity index (χ1n) is 6.66. The van der Waals surface area contributed by atoms with Gasteiger partial charge in [-0.25, -0.2) is 0 Å². The molecule has 0 saturated heterocycles. The van der Waals surface area contributed by atoms with Crippen LogP contribution in [0.1, 0.15) is 28.4 Å². The van der Waals surface area contributed by atoms with E-state index in [0.29, 0.717) is 5.56 Å². The molecule has 0 aliphatic heterocycles. The van der Waals surface area contributed by atoms with Crippen LogP contribution in [0.3, 0.4) is 0 Å². The summed E-state index contributed by atoms with van der Waals surface area (Å²) in [5, 5.41) is 10.6. The van der Waals surface area contributed by atoms with Gasteiger partial charge in [0.1, 0.15) is 0 Å². The molecule has 0 aliphatic rings. The van der Waals surface area contributed by atoms with Crippen LogP contribution in [0.25, 0.3) is 6.08 Å². The van der Waals surface area contributed by atoms with Crippen LogP contribution in [0.4, 0.5) is 5.69 Å². The van der Waals surface area contributed by atoms with Crippen molar-refractivity contribution in [3.05, 3.63) is 81.4 Å². The first-order chi connectivity index (χ1) is 10.1. The Balaban J connectivity index is 2.09. The van der Waals surface area contributed by atoms with Gasteiger partial charge < -0.3 is 0 Å². The van der Waals surface area contributed by atoms with Crippen LogP contribution in [0.2, 0.25) is 0 Å². The van der Waals surface area contributed by atoms with E-state index in [-0.39, 0.29) is 11.5 Å². The highest BCUT2D eigenvalue weighted by Gasteiger charge is 2.07. The summed E-state index contributed by atoms with van der Waals surface area (Å²) in [6.45, 7) is 2.09. The second-order valence-corrected chi connectivity index (χ2v) is 4.60. The molecule has 4 nitrogen and oxygen atoms in total. The van der Waals surface area contributed by atoms with Gasteiger partial charge in [-0.15, -0.1) is 0 Å². The van der Waals surface area contributed by atoms with Gasteiger partial charge in [0.2, 0.25) is 0 Å². The Kier molecular flexibility index (Phi) is 4.61. The molecule has 0 saturated carbocycles. The van der Waals surface area contributed by atoms with E-state index >= 15 is 0 Å². The first kappa shape index (κ1) is 14.7. The molecule has 2 aromatic rings. The molecule has 0 fully saturated rings. The molecule has 106 valence electrons. The maximum absolute atomic E-state index is 12.0. The summed E-state index contributed by atoms with van der Waals surface area (Å²) < 4.78 is 0. The Labute approximate surface area is 122 Å². The van der Waals surface area contributed by atoms with Gasteiger partial charge in [0.15, 0.2) is 5.78 Å². The number of nitrogens with zero attached hydrogens (tertiary/aromatic N) is 1. The van der Waals surface area contributed by atoms with Gasteiger partial charge in [-0.1, -0.05) is 37.3 Å². The van der Waals surface area contributed by atoms with E-state index in [1.807, 2.05) is 24.3 Å². The SMILES string of the molecule is CCc1ccc(/C=C/C(=O)c2ccc([N+](=O)[O-])cc2)cc1. The Morgan fingerprint density at radius 2 is 1.71 bits per heavy atom. The van der Waals surface area contributed by atoms with E-state index in [4.69, 9.17) is 0 Å². The number of rotatable bonds is 5. The van der Waals surface area contributed by atoms with Crippen LogP contribution in [-0.4, -0.2) is 10.7 Å². The lowest BCUT2D eigenvalue weighted by Crippen LogP contribution is -1.95. The molecule has 21 heavy (non-hydrogen) atoms. The number of hydrogen-bond acceptors (Lipinski definition) is 3. The van der Waals surface area contributed by atoms with Gasteiger partial charge >= 0.3 is 0 Å². The Bertz CT molecular complexity index is 670. The zero-order valence-electron chi connectivity index (χ0n) is 11.7. The topological polar surface area (TPSA) is 60.2 Å². The third-order valence-corrected chi connectivity index (χ3v) is 3.18. The average molecular weight is 281 g/mol. The van der Waals surface area contributed by atoms with E-state index in [9.17, 15) is 14.9 Å². The van der Waals surface area contributed by atoms with Crippen LogP contribution in [0.15, 0.2) is 54.6 Å². The van der Waals surface area contributed by atoms with Gasteiger partial charge in [0.05, 0.1) is 4.92 Å². The molecule has 0 bridgehead atoms. The maximum Gasteiger partial charge on any atom is 0.269 e. The largest absolute Gasteiger partial charge is 0.289 e. The van der Waals surface area contributed by atoms with Crippen molar-refractivity contribution in [2.75, 3.05) is 0 Å². The van der Waals surface area contributed by atoms with Crippen molar-refractivity contribution in [3.63, 3.8) is 0 Å². The minimum atomic E-state index is -0.487. The van der Waals surface area contributed by atoms with E-state index in [2.05, 4.69) is 6.92 Å². The Morgan fingerprint density at radius 1 is 1.10 bits per heavy atom. The third kappa shape index (κ3) is 3.86. The molecule has 0 aromatic heterocycles. The second-order valence-electron chi connectivity index (χ2n) is 4.60. The van der Waals surface area contributed by atoms with Crippen LogP contribution >= 0.6 is 0 Å². The summed E-state index contributed by atoms with van der Waals surface area (Å²) >= 11 is 0. The van der Waals surface area contributed by atoms with Gasteiger partial charge in [0.25, 0.3) is 5.69 Å². The fraction of sp³-hybridized carbons (Fsp3) is 0.118. The number of nitro groups is 1. The summed E-state index contributed by atoms with van der Waals surface area (Å²) in [4.78, 5) is 22.0. The smallest absolute Gasteiger partial charge is 0.269 e. The van der Waals surface area contributed by atoms with Crippen molar-refractivity contribution in [2.24, 2.45) is 0 Å². The molecule has 2 rings (SSSR count). The van der Waals surface area contributed by atoms with E-state index in [0.717, 1.165) is 12.0 Å². The predicted molar refractivity (Wildman–Crippen MR) is 82.3 cm³/mol. The number of aryl methyl sites for hydroxylation is 1. The van der Waals surface area contributed by atoms with Crippen molar-refractivity contribution >= 4 is 17.5 Å². The number of carbonyl (C=O) groups is 1. The van der Waals surface area contributed by atoms with Crippen molar-refractivity contribution < 1.29 is 9.72 Å². The molecule has 0 atom stereocenters. The fourth-order valence-electron chi connectivity index (χ4n) is 1.88. The van der Waals surface area contributed by atoms with E-state index in [1.54, 1.807) is 6.08 Å². The molecule has 4 heteroatoms. The van der Waals surface area contributed by atoms with Gasteiger partial charge in [-0.2, -0.15) is 0 Å². The van der Waals surface area contributed by atoms with Crippen LogP contribution in [0.5, 0.6) is 0 Å². The third-order valence-electron chi connectivity index (χ3n) is 3.18. The summed E-state index contributed by atoms with van der Waals surface area (Å²) in [7, 11) is 0. The fourth-order valence-corrected chi connectivity index (χ4v) is 1.88. The molecule has 0 heterocycles. The number of carbonyl (C=O) groups excluding carboxylic acids is 1. The van der Waals surface area contributed by atoms with Crippen molar-refractivity contribution in [3.8, 4) is 0 Å². The lowest BCUT2D eigenvalue weighted by Gasteiger charge is -1.98. The molecule has 0 spiro atoms. The lowest BCUT2D eigenvalue weighted by atomic mass is 10.1. The molecule has 0 N–H and O–H groups in total. The highest BCUT2D eigenvalue weighted by atomic mass is 16.6. The van der Waals surface area contributed by atoms with Crippen LogP contribution in [0, 0.1) is 10.1 Å². The molecular weight excluding hydrogens is 266 g/mol. The van der Waals surface area contributed by atoms with Gasteiger partial charge in [-0.05, 0) is 35.8 Å². The van der Waals surface area contributed by atoms with E-state index < -0.39 is 4.92 Å². The van der Waals surface area contributed by atoms with Gasteiger partial charge in [0, 0.05) is 17.7 Å². The minimum absolute atomic E-state index is 0.0225. The molecule has 0 radical (unpaired) electrons. The van der Waals surface area contributed by atoms with Crippen molar-refractivity contribution in [1.82, 2.24) is 0 Å². The van der Waals surface area contributed by atoms with Gasteiger partial charge in [-0.3, -0.25) is 14.9 Å². The summed E-state index contributed by atoms with van der Waals surface area (Å²) in [6, 6.07) is 13.5. The van der Waals surface area contributed by atoms with E-state index in [1.165, 1.54) is 35.9 Å². The maximum atomic E-state index is 12.0. The number of allylic oxidation sites excluding steroid dienone is 1. The summed E-state index contributed by atoms with van der Waals surface area (Å²) in [6.07, 6.45) is 4.19.